The van der Waals surface area contributed by atoms with Crippen LogP contribution in [0.1, 0.15) is 15.1 Å². The molecule has 0 atom stereocenters. The van der Waals surface area contributed by atoms with Gasteiger partial charge in [-0.05, 0) is 71.2 Å². The minimum absolute atomic E-state index is 0.0114. The van der Waals surface area contributed by atoms with Crippen LogP contribution in [0, 0.1) is 0 Å². The van der Waals surface area contributed by atoms with Crippen molar-refractivity contribution < 1.29 is 15.1 Å². The molecule has 0 aliphatic heterocycles. The molecule has 0 aliphatic carbocycles. The second-order valence-corrected chi connectivity index (χ2v) is 13.5. The van der Waals surface area contributed by atoms with Crippen LogP contribution in [0.2, 0.25) is 0 Å². The molecule has 3 aromatic heterocycles. The van der Waals surface area contributed by atoms with Gasteiger partial charge in [0.15, 0.2) is 0 Å². The van der Waals surface area contributed by atoms with E-state index < -0.39 is 30.2 Å². The topological polar surface area (TPSA) is 9.86 Å². The molecule has 0 fully saturated rings. The van der Waals surface area contributed by atoms with E-state index in [9.17, 15) is 4.11 Å². The number of benzene rings is 8. The fraction of sp³-hybridized carbons (Fsp3) is 0. The summed E-state index contributed by atoms with van der Waals surface area (Å²) in [6.45, 7) is 0. The Kier molecular flexibility index (Phi) is 4.26. The van der Waals surface area contributed by atoms with Crippen molar-refractivity contribution >= 4 is 75.1 Å². The normalized spacial score (nSPS) is 14.9. The Labute approximate surface area is 314 Å². The third-order valence-electron chi connectivity index (χ3n) is 9.77. The summed E-state index contributed by atoms with van der Waals surface area (Å²) < 4.78 is 102. The van der Waals surface area contributed by atoms with Crippen LogP contribution in [0.4, 0.5) is 0 Å². The monoisotopic (exact) mass is 677 g/mol. The van der Waals surface area contributed by atoms with Crippen molar-refractivity contribution in [3.63, 3.8) is 0 Å². The summed E-state index contributed by atoms with van der Waals surface area (Å²) >= 11 is 1.06. The van der Waals surface area contributed by atoms with Crippen molar-refractivity contribution in [1.82, 2.24) is 9.13 Å². The van der Waals surface area contributed by atoms with E-state index >= 15 is 0 Å². The van der Waals surface area contributed by atoms with Gasteiger partial charge in [-0.2, -0.15) is 0 Å². The average molecular weight is 678 g/mol. The minimum atomic E-state index is -0.512. The largest absolute Gasteiger partial charge is 0.309 e. The number of hydrogen-bond donors (Lipinski definition) is 0. The molecule has 0 spiro atoms. The molecule has 2 nitrogen and oxygen atoms in total. The number of rotatable bonds is 4. The first-order valence-electron chi connectivity index (χ1n) is 22.0. The molecule has 0 saturated heterocycles. The van der Waals surface area contributed by atoms with Gasteiger partial charge < -0.3 is 9.13 Å². The number of thiophene rings is 1. The van der Waals surface area contributed by atoms with Crippen molar-refractivity contribution in [3.8, 4) is 33.6 Å². The van der Waals surface area contributed by atoms with Gasteiger partial charge in [0, 0.05) is 53.0 Å². The molecule has 0 radical (unpaired) electrons. The van der Waals surface area contributed by atoms with Crippen LogP contribution in [0.5, 0.6) is 0 Å². The Morgan fingerprint density at radius 3 is 1.80 bits per heavy atom. The van der Waals surface area contributed by atoms with Gasteiger partial charge in [0.2, 0.25) is 0 Å². The zero-order valence-corrected chi connectivity index (χ0v) is 27.6. The highest BCUT2D eigenvalue weighted by Crippen LogP contribution is 2.46. The van der Waals surface area contributed by atoms with Crippen molar-refractivity contribution in [2.75, 3.05) is 0 Å². The molecule has 0 aliphatic rings. The molecule has 3 heteroatoms. The molecule has 51 heavy (non-hydrogen) atoms. The summed E-state index contributed by atoms with van der Waals surface area (Å²) in [5.74, 6) is 0. The zero-order valence-electron chi connectivity index (χ0n) is 37.8. The van der Waals surface area contributed by atoms with Crippen LogP contribution in [-0.4, -0.2) is 9.13 Å². The second kappa shape index (κ2) is 11.0. The molecule has 238 valence electrons. The molecule has 8 aromatic carbocycles. The fourth-order valence-corrected chi connectivity index (χ4v) is 8.60. The van der Waals surface area contributed by atoms with Gasteiger partial charge in [0.1, 0.15) is 0 Å². The lowest BCUT2D eigenvalue weighted by Gasteiger charge is -2.17. The highest BCUT2D eigenvalue weighted by atomic mass is 32.1. The maximum Gasteiger partial charge on any atom is 0.0638 e. The lowest BCUT2D eigenvalue weighted by atomic mass is 9.96. The lowest BCUT2D eigenvalue weighted by molar-refractivity contribution is 1.17. The third-order valence-corrected chi connectivity index (χ3v) is 10.8. The molecule has 0 amide bonds. The van der Waals surface area contributed by atoms with Crippen LogP contribution >= 0.6 is 11.3 Å². The molecule has 0 saturated carbocycles. The average Bonchev–Trinajstić information content (AvgIpc) is 3.96. The van der Waals surface area contributed by atoms with Crippen LogP contribution in [-0.2, 0) is 0 Å². The van der Waals surface area contributed by atoms with E-state index in [1.165, 1.54) is 0 Å². The van der Waals surface area contributed by atoms with Crippen LogP contribution in [0.3, 0.4) is 0 Å². The fourth-order valence-electron chi connectivity index (χ4n) is 7.64. The Hall–Kier alpha value is -6.42. The minimum Gasteiger partial charge on any atom is -0.309 e. The van der Waals surface area contributed by atoms with Gasteiger partial charge in [0.05, 0.1) is 42.8 Å². The van der Waals surface area contributed by atoms with E-state index in [1.807, 2.05) is 65.2 Å². The van der Waals surface area contributed by atoms with Crippen molar-refractivity contribution in [1.29, 1.82) is 0 Å². The third kappa shape index (κ3) is 4.22. The van der Waals surface area contributed by atoms with Gasteiger partial charge >= 0.3 is 0 Å². The zero-order chi connectivity index (χ0) is 43.0. The van der Waals surface area contributed by atoms with Gasteiger partial charge in [-0.25, -0.2) is 0 Å². The van der Waals surface area contributed by atoms with E-state index in [1.54, 1.807) is 24.3 Å². The van der Waals surface area contributed by atoms with Gasteiger partial charge in [-0.15, -0.1) is 11.3 Å². The molecule has 0 bridgehead atoms. The Bertz CT molecular complexity index is 3710. The Morgan fingerprint density at radius 1 is 0.412 bits per heavy atom. The number of nitrogens with zero attached hydrogens (tertiary/aromatic N) is 2. The van der Waals surface area contributed by atoms with E-state index in [-0.39, 0.29) is 57.5 Å². The predicted octanol–water partition coefficient (Wildman–Crippen LogP) is 13.6. The quantitative estimate of drug-likeness (QED) is 0.175. The van der Waals surface area contributed by atoms with E-state index in [2.05, 4.69) is 34.9 Å². The number of fused-ring (bicyclic) bond motifs is 9. The smallest absolute Gasteiger partial charge is 0.0638 e. The maximum absolute atomic E-state index is 9.75. The molecule has 11 rings (SSSR count). The summed E-state index contributed by atoms with van der Waals surface area (Å²) in [4.78, 5) is 0. The maximum atomic E-state index is 9.75. The molecule has 0 unspecified atom stereocenters. The van der Waals surface area contributed by atoms with E-state index in [0.717, 1.165) is 60.6 Å². The first kappa shape index (κ1) is 19.7. The second-order valence-electron chi connectivity index (χ2n) is 12.5. The Balaban J connectivity index is 1.30. The first-order chi connectivity index (χ1) is 29.9. The SMILES string of the molecule is [2H]c1c([2H])c([2H])c(-c2cccc(-c3c([2H])c([2H])c4sc5c([2H])c([2H])c([2H])c([2H])c5c4c3-n3c4ccccc4c4cc(-n5c6ccccc6c6ccccc65)ccc43)c2)c([2H])c1[2H]. The van der Waals surface area contributed by atoms with Crippen molar-refractivity contribution in [2.24, 2.45) is 0 Å². The van der Waals surface area contributed by atoms with Gasteiger partial charge in [-0.3, -0.25) is 0 Å². The van der Waals surface area contributed by atoms with Gasteiger partial charge in [-0.1, -0.05) is 127 Å². The highest BCUT2D eigenvalue weighted by Gasteiger charge is 2.22. The molecule has 11 aromatic rings. The first-order valence-corrected chi connectivity index (χ1v) is 17.4. The Morgan fingerprint density at radius 2 is 1.04 bits per heavy atom. The standard InChI is InChI=1S/C48H30N2S/c1-2-13-31(14-3-1)32-15-12-16-33(29-32)35-26-28-46-47(39-20-7-11-24-45(39)51-46)48(35)50-43-23-10-6-19-38(43)40-30-34(25-27-44(40)50)49-41-21-8-4-17-36(41)37-18-5-9-22-42(37)49/h1-30H/i1D,2D,3D,7D,11D,13D,14D,20D,24D,26D,28D. The molecule has 0 N–H and O–H groups in total. The number of para-hydroxylation sites is 3. The molecule has 3 heterocycles. The summed E-state index contributed by atoms with van der Waals surface area (Å²) in [5, 5.41) is 4.63. The highest BCUT2D eigenvalue weighted by molar-refractivity contribution is 7.25. The number of hydrogen-bond acceptors (Lipinski definition) is 1. The van der Waals surface area contributed by atoms with Crippen LogP contribution < -0.4 is 0 Å². The van der Waals surface area contributed by atoms with Crippen molar-refractivity contribution in [2.45, 2.75) is 0 Å². The summed E-state index contributed by atoms with van der Waals surface area (Å²) in [6.07, 6.45) is 0. The van der Waals surface area contributed by atoms with Gasteiger partial charge in [0.25, 0.3) is 0 Å². The number of aromatic nitrogens is 2. The predicted molar refractivity (Wildman–Crippen MR) is 219 cm³/mol. The molecular formula is C48H30N2S. The summed E-state index contributed by atoms with van der Waals surface area (Å²) in [7, 11) is 0. The van der Waals surface area contributed by atoms with Crippen LogP contribution in [0.15, 0.2) is 182 Å². The van der Waals surface area contributed by atoms with E-state index in [4.69, 9.17) is 11.0 Å². The lowest BCUT2D eigenvalue weighted by Crippen LogP contribution is -1.99. The summed E-state index contributed by atoms with van der Waals surface area (Å²) in [6, 6.07) is 33.5. The van der Waals surface area contributed by atoms with Crippen molar-refractivity contribution in [3.05, 3.63) is 182 Å². The van der Waals surface area contributed by atoms with E-state index in [0.29, 0.717) is 26.9 Å². The molecular weight excluding hydrogens is 637 g/mol. The van der Waals surface area contributed by atoms with Crippen LogP contribution in [0.25, 0.3) is 97.4 Å². The summed E-state index contributed by atoms with van der Waals surface area (Å²) in [5.41, 5.74) is 5.93.